The van der Waals surface area contributed by atoms with Gasteiger partial charge in [0, 0.05) is 0 Å². The molecular formula is C22H22N4O. The Morgan fingerprint density at radius 1 is 0.852 bits per heavy atom. The van der Waals surface area contributed by atoms with E-state index in [2.05, 4.69) is 67.9 Å². The van der Waals surface area contributed by atoms with Crippen LogP contribution in [-0.2, 0) is 0 Å². The van der Waals surface area contributed by atoms with Crippen LogP contribution >= 0.6 is 0 Å². The van der Waals surface area contributed by atoms with Gasteiger partial charge in [-0.25, -0.2) is 14.6 Å². The van der Waals surface area contributed by atoms with Crippen LogP contribution < -0.4 is 4.74 Å². The van der Waals surface area contributed by atoms with Crippen molar-refractivity contribution in [3.8, 4) is 17.3 Å². The minimum atomic E-state index is 0.517. The molecule has 2 aromatic heterocycles. The number of nitrogens with zero attached hydrogens (tertiary/aromatic N) is 4. The standard InChI is InChI=1S/C22H22N4O/c1-13-8-16(4)17(5)20(9-13)27-22-19-11-25-26(21(19)23-12-24-22)18-7-6-14(2)15(3)10-18/h6-12H,1-5H3. The number of fused-ring (bicyclic) bond motifs is 1. The molecule has 0 saturated carbocycles. The summed E-state index contributed by atoms with van der Waals surface area (Å²) in [6, 6.07) is 10.4. The van der Waals surface area contributed by atoms with Crippen molar-refractivity contribution in [1.29, 1.82) is 0 Å². The topological polar surface area (TPSA) is 52.8 Å². The lowest BCUT2D eigenvalue weighted by Gasteiger charge is -2.12. The highest BCUT2D eigenvalue weighted by atomic mass is 16.5. The smallest absolute Gasteiger partial charge is 0.233 e. The Morgan fingerprint density at radius 2 is 1.67 bits per heavy atom. The molecule has 0 radical (unpaired) electrons. The predicted octanol–water partition coefficient (Wildman–Crippen LogP) is 5.15. The van der Waals surface area contributed by atoms with Crippen LogP contribution in [0, 0.1) is 34.6 Å². The van der Waals surface area contributed by atoms with Crippen LogP contribution in [0.4, 0.5) is 0 Å². The normalized spacial score (nSPS) is 11.1. The Labute approximate surface area is 158 Å². The number of aryl methyl sites for hydroxylation is 4. The molecule has 136 valence electrons. The van der Waals surface area contributed by atoms with E-state index in [1.54, 1.807) is 6.20 Å². The van der Waals surface area contributed by atoms with Gasteiger partial charge in [0.25, 0.3) is 0 Å². The molecule has 0 amide bonds. The van der Waals surface area contributed by atoms with Crippen molar-refractivity contribution in [3.63, 3.8) is 0 Å². The molecule has 0 spiro atoms. The van der Waals surface area contributed by atoms with Crippen LogP contribution in [0.15, 0.2) is 42.9 Å². The van der Waals surface area contributed by atoms with Gasteiger partial charge in [0.1, 0.15) is 17.5 Å². The molecule has 4 aromatic rings. The molecule has 4 rings (SSSR count). The second-order valence-corrected chi connectivity index (χ2v) is 7.05. The van der Waals surface area contributed by atoms with Gasteiger partial charge in [0.2, 0.25) is 5.88 Å². The molecule has 0 aliphatic rings. The molecule has 0 aliphatic heterocycles. The fraction of sp³-hybridized carbons (Fsp3) is 0.227. The molecular weight excluding hydrogens is 336 g/mol. The van der Waals surface area contributed by atoms with Crippen LogP contribution in [0.3, 0.4) is 0 Å². The summed E-state index contributed by atoms with van der Waals surface area (Å²) in [4.78, 5) is 8.79. The minimum Gasteiger partial charge on any atom is -0.438 e. The third-order valence-electron chi connectivity index (χ3n) is 5.03. The SMILES string of the molecule is Cc1cc(C)c(C)c(Oc2ncnc3c2cnn3-c2ccc(C)c(C)c2)c1. The Hall–Kier alpha value is -3.21. The molecule has 0 fully saturated rings. The molecule has 2 aromatic carbocycles. The summed E-state index contributed by atoms with van der Waals surface area (Å²) in [5.74, 6) is 1.33. The van der Waals surface area contributed by atoms with Crippen molar-refractivity contribution in [1.82, 2.24) is 19.7 Å². The van der Waals surface area contributed by atoms with Gasteiger partial charge in [-0.15, -0.1) is 0 Å². The van der Waals surface area contributed by atoms with Crippen molar-refractivity contribution in [2.45, 2.75) is 34.6 Å². The van der Waals surface area contributed by atoms with Crippen LogP contribution in [0.5, 0.6) is 11.6 Å². The van der Waals surface area contributed by atoms with E-state index in [9.17, 15) is 0 Å². The van der Waals surface area contributed by atoms with Gasteiger partial charge in [0.05, 0.1) is 11.9 Å². The van der Waals surface area contributed by atoms with Gasteiger partial charge in [-0.2, -0.15) is 5.10 Å². The maximum absolute atomic E-state index is 6.17. The van der Waals surface area contributed by atoms with E-state index in [-0.39, 0.29) is 0 Å². The van der Waals surface area contributed by atoms with Crippen LogP contribution in [-0.4, -0.2) is 19.7 Å². The molecule has 2 heterocycles. The van der Waals surface area contributed by atoms with Crippen molar-refractivity contribution < 1.29 is 4.74 Å². The Balaban J connectivity index is 1.80. The number of rotatable bonds is 3. The highest BCUT2D eigenvalue weighted by molar-refractivity contribution is 5.81. The molecule has 5 nitrogen and oxygen atoms in total. The zero-order chi connectivity index (χ0) is 19.1. The summed E-state index contributed by atoms with van der Waals surface area (Å²) in [6.45, 7) is 10.4. The second-order valence-electron chi connectivity index (χ2n) is 7.05. The first-order valence-corrected chi connectivity index (χ1v) is 8.96. The summed E-state index contributed by atoms with van der Waals surface area (Å²) in [5, 5.41) is 5.32. The number of benzene rings is 2. The monoisotopic (exact) mass is 358 g/mol. The molecule has 0 atom stereocenters. The summed E-state index contributed by atoms with van der Waals surface area (Å²) in [7, 11) is 0. The average Bonchev–Trinajstić information content (AvgIpc) is 3.07. The first-order chi connectivity index (χ1) is 12.9. The van der Waals surface area contributed by atoms with Gasteiger partial charge in [-0.05, 0) is 80.6 Å². The maximum atomic E-state index is 6.17. The Kier molecular flexibility index (Phi) is 4.15. The minimum absolute atomic E-state index is 0.517. The number of hydrogen-bond acceptors (Lipinski definition) is 4. The molecule has 0 bridgehead atoms. The largest absolute Gasteiger partial charge is 0.438 e. The predicted molar refractivity (Wildman–Crippen MR) is 107 cm³/mol. The zero-order valence-corrected chi connectivity index (χ0v) is 16.2. The maximum Gasteiger partial charge on any atom is 0.233 e. The van der Waals surface area contributed by atoms with Crippen molar-refractivity contribution >= 4 is 11.0 Å². The molecule has 5 heteroatoms. The Morgan fingerprint density at radius 3 is 2.44 bits per heavy atom. The third kappa shape index (κ3) is 3.05. The van der Waals surface area contributed by atoms with Crippen LogP contribution in [0.1, 0.15) is 27.8 Å². The van der Waals surface area contributed by atoms with Gasteiger partial charge >= 0.3 is 0 Å². The highest BCUT2D eigenvalue weighted by Crippen LogP contribution is 2.31. The number of ether oxygens (including phenoxy) is 1. The average molecular weight is 358 g/mol. The summed E-state index contributed by atoms with van der Waals surface area (Å²) in [5.41, 5.74) is 7.62. The fourth-order valence-electron chi connectivity index (χ4n) is 3.16. The number of aromatic nitrogens is 4. The lowest BCUT2D eigenvalue weighted by Crippen LogP contribution is -1.99. The molecule has 0 unspecified atom stereocenters. The third-order valence-corrected chi connectivity index (χ3v) is 5.03. The number of hydrogen-bond donors (Lipinski definition) is 0. The molecule has 27 heavy (non-hydrogen) atoms. The Bertz CT molecular complexity index is 1160. The second kappa shape index (κ2) is 6.50. The summed E-state index contributed by atoms with van der Waals surface area (Å²) in [6.07, 6.45) is 3.28. The van der Waals surface area contributed by atoms with E-state index >= 15 is 0 Å². The van der Waals surface area contributed by atoms with Gasteiger partial charge in [-0.3, -0.25) is 0 Å². The van der Waals surface area contributed by atoms with E-state index in [4.69, 9.17) is 4.74 Å². The van der Waals surface area contributed by atoms with E-state index in [1.165, 1.54) is 23.0 Å². The quantitative estimate of drug-likeness (QED) is 0.508. The van der Waals surface area contributed by atoms with Crippen molar-refractivity contribution in [2.75, 3.05) is 0 Å². The first-order valence-electron chi connectivity index (χ1n) is 8.96. The molecule has 0 saturated heterocycles. The summed E-state index contributed by atoms with van der Waals surface area (Å²) < 4.78 is 8.00. The van der Waals surface area contributed by atoms with E-state index in [1.807, 2.05) is 16.8 Å². The zero-order valence-electron chi connectivity index (χ0n) is 16.2. The lowest BCUT2D eigenvalue weighted by atomic mass is 10.1. The van der Waals surface area contributed by atoms with Gasteiger partial charge in [-0.1, -0.05) is 12.1 Å². The lowest BCUT2D eigenvalue weighted by molar-refractivity contribution is 0.464. The first kappa shape index (κ1) is 17.2. The van der Waals surface area contributed by atoms with Crippen LogP contribution in [0.2, 0.25) is 0 Å². The van der Waals surface area contributed by atoms with Crippen molar-refractivity contribution in [2.24, 2.45) is 0 Å². The highest BCUT2D eigenvalue weighted by Gasteiger charge is 2.14. The van der Waals surface area contributed by atoms with E-state index < -0.39 is 0 Å². The molecule has 0 N–H and O–H groups in total. The molecule has 0 aliphatic carbocycles. The van der Waals surface area contributed by atoms with Gasteiger partial charge < -0.3 is 4.74 Å². The summed E-state index contributed by atoms with van der Waals surface area (Å²) >= 11 is 0. The van der Waals surface area contributed by atoms with E-state index in [0.29, 0.717) is 5.88 Å². The van der Waals surface area contributed by atoms with Crippen LogP contribution in [0.25, 0.3) is 16.7 Å². The van der Waals surface area contributed by atoms with Gasteiger partial charge in [0.15, 0.2) is 5.65 Å². The fourth-order valence-corrected chi connectivity index (χ4v) is 3.16. The van der Waals surface area contributed by atoms with E-state index in [0.717, 1.165) is 33.6 Å². The van der Waals surface area contributed by atoms with Crippen molar-refractivity contribution in [3.05, 3.63) is 70.7 Å².